The molecule has 0 aromatic carbocycles. The van der Waals surface area contributed by atoms with E-state index in [0.29, 0.717) is 11.8 Å². The summed E-state index contributed by atoms with van der Waals surface area (Å²) in [6, 6.07) is 0. The molecule has 66 valence electrons. The van der Waals surface area contributed by atoms with E-state index < -0.39 is 0 Å². The summed E-state index contributed by atoms with van der Waals surface area (Å²) >= 11 is 5.61. The number of halogens is 1. The highest BCUT2D eigenvalue weighted by Crippen LogP contribution is 2.37. The summed E-state index contributed by atoms with van der Waals surface area (Å²) in [6.07, 6.45) is 5.92. The first kappa shape index (κ1) is 8.11. The molecule has 1 heterocycles. The maximum absolute atomic E-state index is 11.3. The fourth-order valence-electron chi connectivity index (χ4n) is 1.99. The monoisotopic (exact) mass is 186 g/mol. The summed E-state index contributed by atoms with van der Waals surface area (Å²) in [6.45, 7) is 0. The lowest BCUT2D eigenvalue weighted by molar-refractivity contribution is -0.144. The SMILES string of the molecule is O=C1O[C@@H]2CC=C[C@@H]2[C@@H]1CCCl. The Labute approximate surface area is 76.5 Å². The van der Waals surface area contributed by atoms with E-state index >= 15 is 0 Å². The van der Waals surface area contributed by atoms with Gasteiger partial charge in [0.05, 0.1) is 5.92 Å². The van der Waals surface area contributed by atoms with E-state index in [-0.39, 0.29) is 18.0 Å². The third-order valence-electron chi connectivity index (χ3n) is 2.61. The summed E-state index contributed by atoms with van der Waals surface area (Å²) < 4.78 is 5.19. The Balaban J connectivity index is 2.10. The maximum atomic E-state index is 11.3. The fourth-order valence-corrected chi connectivity index (χ4v) is 2.23. The Bertz CT molecular complexity index is 225. The number of fused-ring (bicyclic) bond motifs is 1. The van der Waals surface area contributed by atoms with Gasteiger partial charge in [-0.25, -0.2) is 0 Å². The van der Waals surface area contributed by atoms with E-state index in [1.807, 2.05) is 0 Å². The number of hydrogen-bond donors (Lipinski definition) is 0. The summed E-state index contributed by atoms with van der Waals surface area (Å²) in [4.78, 5) is 11.3. The minimum atomic E-state index is -0.0602. The molecule has 0 saturated carbocycles. The van der Waals surface area contributed by atoms with Crippen molar-refractivity contribution < 1.29 is 9.53 Å². The topological polar surface area (TPSA) is 26.3 Å². The predicted octanol–water partition coefficient (Wildman–Crippen LogP) is 1.73. The normalized spacial score (nSPS) is 38.4. The lowest BCUT2D eigenvalue weighted by Gasteiger charge is -2.09. The van der Waals surface area contributed by atoms with Gasteiger partial charge in [-0.15, -0.1) is 11.6 Å². The lowest BCUT2D eigenvalue weighted by atomic mass is 9.91. The molecule has 2 nitrogen and oxygen atoms in total. The molecule has 3 heteroatoms. The van der Waals surface area contributed by atoms with Gasteiger partial charge in [-0.3, -0.25) is 4.79 Å². The molecule has 0 bridgehead atoms. The number of carbonyl (C=O) groups excluding carboxylic acids is 1. The van der Waals surface area contributed by atoms with Crippen LogP contribution in [0, 0.1) is 11.8 Å². The van der Waals surface area contributed by atoms with E-state index in [1.165, 1.54) is 0 Å². The van der Waals surface area contributed by atoms with Gasteiger partial charge in [0, 0.05) is 18.2 Å². The number of alkyl halides is 1. The van der Waals surface area contributed by atoms with E-state index in [0.717, 1.165) is 12.8 Å². The smallest absolute Gasteiger partial charge is 0.310 e. The Kier molecular flexibility index (Phi) is 2.09. The zero-order valence-electron chi connectivity index (χ0n) is 6.70. The number of esters is 1. The van der Waals surface area contributed by atoms with E-state index in [9.17, 15) is 4.79 Å². The highest BCUT2D eigenvalue weighted by atomic mass is 35.5. The van der Waals surface area contributed by atoms with Gasteiger partial charge in [0.2, 0.25) is 0 Å². The van der Waals surface area contributed by atoms with Crippen molar-refractivity contribution in [3.05, 3.63) is 12.2 Å². The van der Waals surface area contributed by atoms with Crippen LogP contribution < -0.4 is 0 Å². The van der Waals surface area contributed by atoms with Crippen LogP contribution in [0.4, 0.5) is 0 Å². The quantitative estimate of drug-likeness (QED) is 0.373. The molecule has 0 amide bonds. The van der Waals surface area contributed by atoms with Crippen LogP contribution in [0.1, 0.15) is 12.8 Å². The standard InChI is InChI=1S/C9H11ClO2/c10-5-4-7-6-2-1-3-8(6)12-9(7)11/h1-2,6-8H,3-5H2/t6-,7+,8-/m1/s1. The highest BCUT2D eigenvalue weighted by Gasteiger charge is 2.43. The molecule has 0 aromatic rings. The van der Waals surface area contributed by atoms with Gasteiger partial charge >= 0.3 is 5.97 Å². The molecule has 1 saturated heterocycles. The summed E-state index contributed by atoms with van der Waals surface area (Å²) in [5.74, 6) is 0.800. The molecular formula is C9H11ClO2. The number of carbonyl (C=O) groups is 1. The number of rotatable bonds is 2. The fraction of sp³-hybridized carbons (Fsp3) is 0.667. The van der Waals surface area contributed by atoms with Crippen LogP contribution in [0.25, 0.3) is 0 Å². The van der Waals surface area contributed by atoms with Crippen molar-refractivity contribution in [3.63, 3.8) is 0 Å². The van der Waals surface area contributed by atoms with Crippen LogP contribution in [0.2, 0.25) is 0 Å². The van der Waals surface area contributed by atoms with Crippen LogP contribution in [0.3, 0.4) is 0 Å². The second-order valence-electron chi connectivity index (χ2n) is 3.30. The van der Waals surface area contributed by atoms with Crippen molar-refractivity contribution in [2.75, 3.05) is 5.88 Å². The van der Waals surface area contributed by atoms with E-state index in [2.05, 4.69) is 12.2 Å². The van der Waals surface area contributed by atoms with Gasteiger partial charge in [0.15, 0.2) is 0 Å². The molecule has 0 spiro atoms. The predicted molar refractivity (Wildman–Crippen MR) is 46.0 cm³/mol. The maximum Gasteiger partial charge on any atom is 0.310 e. The molecule has 2 aliphatic rings. The van der Waals surface area contributed by atoms with Crippen molar-refractivity contribution in [2.24, 2.45) is 11.8 Å². The van der Waals surface area contributed by atoms with Crippen molar-refractivity contribution in [1.82, 2.24) is 0 Å². The Morgan fingerprint density at radius 2 is 2.50 bits per heavy atom. The second kappa shape index (κ2) is 3.09. The minimum Gasteiger partial charge on any atom is -0.461 e. The Morgan fingerprint density at radius 1 is 1.67 bits per heavy atom. The average Bonchev–Trinajstić information content (AvgIpc) is 2.56. The lowest BCUT2D eigenvalue weighted by Crippen LogP contribution is -2.15. The van der Waals surface area contributed by atoms with Gasteiger partial charge < -0.3 is 4.74 Å². The van der Waals surface area contributed by atoms with Crippen molar-refractivity contribution in [3.8, 4) is 0 Å². The van der Waals surface area contributed by atoms with Crippen molar-refractivity contribution in [2.45, 2.75) is 18.9 Å². The Morgan fingerprint density at radius 3 is 3.25 bits per heavy atom. The molecule has 1 aliphatic carbocycles. The molecule has 12 heavy (non-hydrogen) atoms. The molecule has 3 atom stereocenters. The summed E-state index contributed by atoms with van der Waals surface area (Å²) in [5, 5.41) is 0. The first-order chi connectivity index (χ1) is 5.83. The molecule has 0 N–H and O–H groups in total. The van der Waals surface area contributed by atoms with Crippen LogP contribution in [0.15, 0.2) is 12.2 Å². The zero-order chi connectivity index (χ0) is 8.55. The molecule has 1 fully saturated rings. The van der Waals surface area contributed by atoms with Crippen LogP contribution in [-0.2, 0) is 9.53 Å². The van der Waals surface area contributed by atoms with Gasteiger partial charge in [-0.2, -0.15) is 0 Å². The van der Waals surface area contributed by atoms with Gasteiger partial charge in [0.1, 0.15) is 6.10 Å². The highest BCUT2D eigenvalue weighted by molar-refractivity contribution is 6.18. The molecule has 0 aromatic heterocycles. The number of ether oxygens (including phenoxy) is 1. The second-order valence-corrected chi connectivity index (χ2v) is 3.68. The molecule has 2 rings (SSSR count). The van der Waals surface area contributed by atoms with E-state index in [1.54, 1.807) is 0 Å². The van der Waals surface area contributed by atoms with Gasteiger partial charge in [0.25, 0.3) is 0 Å². The summed E-state index contributed by atoms with van der Waals surface area (Å²) in [7, 11) is 0. The minimum absolute atomic E-state index is 0.0197. The van der Waals surface area contributed by atoms with Crippen molar-refractivity contribution >= 4 is 17.6 Å². The first-order valence-corrected chi connectivity index (χ1v) is 4.79. The zero-order valence-corrected chi connectivity index (χ0v) is 7.46. The average molecular weight is 187 g/mol. The summed E-state index contributed by atoms with van der Waals surface area (Å²) in [5.41, 5.74) is 0. The molecule has 0 unspecified atom stereocenters. The first-order valence-electron chi connectivity index (χ1n) is 4.26. The van der Waals surface area contributed by atoms with Crippen LogP contribution >= 0.6 is 11.6 Å². The van der Waals surface area contributed by atoms with Crippen LogP contribution in [-0.4, -0.2) is 18.0 Å². The third-order valence-corrected chi connectivity index (χ3v) is 2.83. The number of hydrogen-bond acceptors (Lipinski definition) is 2. The van der Waals surface area contributed by atoms with E-state index in [4.69, 9.17) is 16.3 Å². The molecule has 0 radical (unpaired) electrons. The van der Waals surface area contributed by atoms with Crippen LogP contribution in [0.5, 0.6) is 0 Å². The van der Waals surface area contributed by atoms with Gasteiger partial charge in [-0.1, -0.05) is 12.2 Å². The molecule has 1 aliphatic heterocycles. The van der Waals surface area contributed by atoms with Crippen molar-refractivity contribution in [1.29, 1.82) is 0 Å². The third kappa shape index (κ3) is 1.14. The van der Waals surface area contributed by atoms with Gasteiger partial charge in [-0.05, 0) is 6.42 Å². The molecular weight excluding hydrogens is 176 g/mol. The largest absolute Gasteiger partial charge is 0.461 e. The Hall–Kier alpha value is -0.500.